The molecule has 0 aromatic carbocycles. The van der Waals surface area contributed by atoms with Crippen LogP contribution in [0.5, 0.6) is 0 Å². The molecule has 74 valence electrons. The number of carbonyl (C=O) groups excluding carboxylic acids is 1. The van der Waals surface area contributed by atoms with Gasteiger partial charge in [-0.3, -0.25) is 19.9 Å². The molecule has 1 amide bonds. The fraction of sp³-hybridized carbons (Fsp3) is 0.250. The van der Waals surface area contributed by atoms with Gasteiger partial charge >= 0.3 is 5.69 Å². The number of nitro groups is 1. The van der Waals surface area contributed by atoms with Gasteiger partial charge in [0.15, 0.2) is 0 Å². The van der Waals surface area contributed by atoms with Crippen LogP contribution >= 0.6 is 0 Å². The molecule has 1 aromatic rings. The lowest BCUT2D eigenvalue weighted by Gasteiger charge is -2.03. The van der Waals surface area contributed by atoms with E-state index in [0.717, 1.165) is 0 Å². The molecule has 1 rings (SSSR count). The molecule has 0 bridgehead atoms. The summed E-state index contributed by atoms with van der Waals surface area (Å²) in [4.78, 5) is 24.6. The number of hydrogen-bond donors (Lipinski definition) is 1. The van der Waals surface area contributed by atoms with Crippen molar-refractivity contribution in [3.8, 4) is 0 Å². The zero-order chi connectivity index (χ0) is 10.7. The molecule has 6 heteroatoms. The average molecular weight is 195 g/mol. The summed E-state index contributed by atoms with van der Waals surface area (Å²) < 4.78 is 0. The van der Waals surface area contributed by atoms with Crippen molar-refractivity contribution in [1.82, 2.24) is 4.98 Å². The van der Waals surface area contributed by atoms with Gasteiger partial charge in [-0.1, -0.05) is 0 Å². The van der Waals surface area contributed by atoms with Crippen molar-refractivity contribution in [1.29, 1.82) is 0 Å². The van der Waals surface area contributed by atoms with E-state index in [1.165, 1.54) is 26.1 Å². The van der Waals surface area contributed by atoms with Crippen molar-refractivity contribution in [2.24, 2.45) is 0 Å². The standard InChI is InChI=1S/C8H9N3O3/c1-5-8(11(13)14)7(3-4-9-5)10-6(2)12/h3-4H,1-2H3,(H,9,10,12). The van der Waals surface area contributed by atoms with Crippen LogP contribution < -0.4 is 5.32 Å². The van der Waals surface area contributed by atoms with Crippen LogP contribution in [-0.4, -0.2) is 15.8 Å². The van der Waals surface area contributed by atoms with E-state index in [-0.39, 0.29) is 23.0 Å². The first-order valence-corrected chi connectivity index (χ1v) is 3.90. The van der Waals surface area contributed by atoms with Crippen LogP contribution in [0, 0.1) is 17.0 Å². The molecule has 0 radical (unpaired) electrons. The van der Waals surface area contributed by atoms with Gasteiger partial charge < -0.3 is 5.32 Å². The third-order valence-corrected chi connectivity index (χ3v) is 1.60. The number of nitrogens with zero attached hydrogens (tertiary/aromatic N) is 2. The van der Waals surface area contributed by atoms with Gasteiger partial charge in [-0.25, -0.2) is 0 Å². The Morgan fingerprint density at radius 2 is 2.29 bits per heavy atom. The second-order valence-corrected chi connectivity index (χ2v) is 2.73. The summed E-state index contributed by atoms with van der Waals surface area (Å²) in [6, 6.07) is 1.40. The molecule has 0 unspecified atom stereocenters. The van der Waals surface area contributed by atoms with Crippen molar-refractivity contribution in [3.63, 3.8) is 0 Å². The van der Waals surface area contributed by atoms with Gasteiger partial charge in [0.05, 0.1) is 4.92 Å². The Morgan fingerprint density at radius 3 is 2.79 bits per heavy atom. The van der Waals surface area contributed by atoms with Gasteiger partial charge in [0.1, 0.15) is 11.4 Å². The van der Waals surface area contributed by atoms with Crippen LogP contribution in [0.2, 0.25) is 0 Å². The summed E-state index contributed by atoms with van der Waals surface area (Å²) >= 11 is 0. The Hall–Kier alpha value is -1.98. The van der Waals surface area contributed by atoms with E-state index in [1.807, 2.05) is 0 Å². The number of hydrogen-bond acceptors (Lipinski definition) is 4. The maximum atomic E-state index is 10.7. The van der Waals surface area contributed by atoms with Gasteiger partial charge in [0.25, 0.3) is 0 Å². The molecule has 14 heavy (non-hydrogen) atoms. The first-order chi connectivity index (χ1) is 6.52. The van der Waals surface area contributed by atoms with Crippen LogP contribution in [-0.2, 0) is 4.79 Å². The molecule has 0 fully saturated rings. The monoisotopic (exact) mass is 195 g/mol. The van der Waals surface area contributed by atoms with E-state index in [1.54, 1.807) is 0 Å². The molecular formula is C8H9N3O3. The molecule has 0 aliphatic rings. The third-order valence-electron chi connectivity index (χ3n) is 1.60. The van der Waals surface area contributed by atoms with Crippen LogP contribution in [0.15, 0.2) is 12.3 Å². The van der Waals surface area contributed by atoms with Crippen molar-refractivity contribution < 1.29 is 9.72 Å². The van der Waals surface area contributed by atoms with Crippen molar-refractivity contribution in [2.45, 2.75) is 13.8 Å². The Kier molecular flexibility index (Phi) is 2.76. The van der Waals surface area contributed by atoms with Crippen LogP contribution in [0.4, 0.5) is 11.4 Å². The first kappa shape index (κ1) is 10.1. The Balaban J connectivity index is 3.21. The lowest BCUT2D eigenvalue weighted by atomic mass is 10.2. The summed E-state index contributed by atoms with van der Waals surface area (Å²) in [6.07, 6.45) is 1.41. The second kappa shape index (κ2) is 3.82. The van der Waals surface area contributed by atoms with Crippen LogP contribution in [0.3, 0.4) is 0 Å². The summed E-state index contributed by atoms with van der Waals surface area (Å²) in [7, 11) is 0. The molecule has 1 aromatic heterocycles. The van der Waals surface area contributed by atoms with Crippen LogP contribution in [0.25, 0.3) is 0 Å². The zero-order valence-electron chi connectivity index (χ0n) is 7.77. The average Bonchev–Trinajstić information content (AvgIpc) is 2.01. The number of nitrogens with one attached hydrogen (secondary N) is 1. The number of anilines is 1. The van der Waals surface area contributed by atoms with E-state index in [0.29, 0.717) is 0 Å². The van der Waals surface area contributed by atoms with E-state index >= 15 is 0 Å². The first-order valence-electron chi connectivity index (χ1n) is 3.90. The van der Waals surface area contributed by atoms with Crippen molar-refractivity contribution in [2.75, 3.05) is 5.32 Å². The zero-order valence-corrected chi connectivity index (χ0v) is 7.77. The molecule has 0 spiro atoms. The van der Waals surface area contributed by atoms with Gasteiger partial charge in [-0.2, -0.15) is 0 Å². The molecular weight excluding hydrogens is 186 g/mol. The summed E-state index contributed by atoms with van der Waals surface area (Å²) in [5.41, 5.74) is 0.291. The molecule has 1 heterocycles. The number of aryl methyl sites for hydroxylation is 1. The van der Waals surface area contributed by atoms with Gasteiger partial charge in [-0.15, -0.1) is 0 Å². The maximum Gasteiger partial charge on any atom is 0.313 e. The molecule has 6 nitrogen and oxygen atoms in total. The van der Waals surface area contributed by atoms with E-state index in [2.05, 4.69) is 10.3 Å². The lowest BCUT2D eigenvalue weighted by Crippen LogP contribution is -2.09. The maximum absolute atomic E-state index is 10.7. The summed E-state index contributed by atoms with van der Waals surface area (Å²) in [5.74, 6) is -0.348. The van der Waals surface area contributed by atoms with Crippen LogP contribution in [0.1, 0.15) is 12.6 Å². The minimum atomic E-state index is -0.562. The number of aromatic nitrogens is 1. The Labute approximate surface area is 80.1 Å². The number of carbonyl (C=O) groups is 1. The highest BCUT2D eigenvalue weighted by Crippen LogP contribution is 2.25. The molecule has 0 atom stereocenters. The highest BCUT2D eigenvalue weighted by atomic mass is 16.6. The molecule has 0 saturated heterocycles. The predicted octanol–water partition coefficient (Wildman–Crippen LogP) is 1.26. The Morgan fingerprint density at radius 1 is 1.64 bits per heavy atom. The quantitative estimate of drug-likeness (QED) is 0.568. The molecule has 0 aliphatic heterocycles. The topological polar surface area (TPSA) is 85.1 Å². The SMILES string of the molecule is CC(=O)Nc1ccnc(C)c1[N+](=O)[O-]. The van der Waals surface area contributed by atoms with Crippen molar-refractivity contribution >= 4 is 17.3 Å². The van der Waals surface area contributed by atoms with E-state index < -0.39 is 4.92 Å². The summed E-state index contributed by atoms with van der Waals surface area (Å²) in [6.45, 7) is 2.81. The number of pyridine rings is 1. The minimum Gasteiger partial charge on any atom is -0.321 e. The van der Waals surface area contributed by atoms with E-state index in [4.69, 9.17) is 0 Å². The minimum absolute atomic E-state index is 0.164. The van der Waals surface area contributed by atoms with Gasteiger partial charge in [-0.05, 0) is 13.0 Å². The fourth-order valence-corrected chi connectivity index (χ4v) is 1.08. The normalized spacial score (nSPS) is 9.57. The number of amides is 1. The predicted molar refractivity (Wildman–Crippen MR) is 49.9 cm³/mol. The molecule has 0 saturated carbocycles. The van der Waals surface area contributed by atoms with Crippen molar-refractivity contribution in [3.05, 3.63) is 28.1 Å². The third kappa shape index (κ3) is 2.03. The smallest absolute Gasteiger partial charge is 0.313 e. The Bertz CT molecular complexity index is 389. The lowest BCUT2D eigenvalue weighted by molar-refractivity contribution is -0.384. The van der Waals surface area contributed by atoms with E-state index in [9.17, 15) is 14.9 Å². The largest absolute Gasteiger partial charge is 0.321 e. The molecule has 1 N–H and O–H groups in total. The van der Waals surface area contributed by atoms with Gasteiger partial charge in [0, 0.05) is 13.1 Å². The van der Waals surface area contributed by atoms with Gasteiger partial charge in [0.2, 0.25) is 5.91 Å². The summed E-state index contributed by atoms with van der Waals surface area (Å²) in [5, 5.41) is 13.0. The fourth-order valence-electron chi connectivity index (χ4n) is 1.08. The highest BCUT2D eigenvalue weighted by Gasteiger charge is 2.18. The number of rotatable bonds is 2. The second-order valence-electron chi connectivity index (χ2n) is 2.73. The highest BCUT2D eigenvalue weighted by molar-refractivity contribution is 5.91. The molecule has 0 aliphatic carbocycles.